The summed E-state index contributed by atoms with van der Waals surface area (Å²) in [6, 6.07) is 5.87. The summed E-state index contributed by atoms with van der Waals surface area (Å²) in [5.41, 5.74) is 0.522. The molecular weight excluding hydrogens is 475 g/mol. The highest BCUT2D eigenvalue weighted by molar-refractivity contribution is 8.28. The highest BCUT2D eigenvalue weighted by Gasteiger charge is 2.59. The van der Waals surface area contributed by atoms with Gasteiger partial charge >= 0.3 is 0 Å². The van der Waals surface area contributed by atoms with Gasteiger partial charge in [-0.05, 0) is 24.3 Å². The van der Waals surface area contributed by atoms with Gasteiger partial charge in [0.2, 0.25) is 23.3 Å². The number of fused-ring (bicyclic) bond motifs is 1. The average Bonchev–Trinajstić information content (AvgIpc) is 3.10. The fraction of sp³-hybridized carbons (Fsp3) is 0.353. The van der Waals surface area contributed by atoms with E-state index in [1.165, 1.54) is 18.3 Å². The number of hydrogen-bond donors (Lipinski definition) is 2. The number of thioether (sulfide) groups is 1. The molecule has 1 atom stereocenters. The van der Waals surface area contributed by atoms with Crippen molar-refractivity contribution in [2.45, 2.75) is 19.6 Å². The predicted molar refractivity (Wildman–Crippen MR) is 116 cm³/mol. The maximum Gasteiger partial charge on any atom is 0.244 e. The predicted octanol–water partition coefficient (Wildman–Crippen LogP) is 1.12. The Hall–Kier alpha value is -1.44. The van der Waals surface area contributed by atoms with E-state index in [1.54, 1.807) is 6.07 Å². The topological polar surface area (TPSA) is 122 Å². The lowest BCUT2D eigenvalue weighted by Gasteiger charge is -2.30. The van der Waals surface area contributed by atoms with Gasteiger partial charge in [-0.3, -0.25) is 0 Å². The number of sulfone groups is 1. The van der Waals surface area contributed by atoms with Crippen LogP contribution in [0.25, 0.3) is 0 Å². The quantitative estimate of drug-likeness (QED) is 0.648. The number of benzene rings is 1. The summed E-state index contributed by atoms with van der Waals surface area (Å²) in [6.07, 6.45) is 1.16. The molecule has 0 saturated carbocycles. The van der Waals surface area contributed by atoms with Crippen molar-refractivity contribution in [3.8, 4) is 0 Å². The third kappa shape index (κ3) is 3.69. The molecule has 3 heterocycles. The molecule has 3 N–H and O–H groups in total. The van der Waals surface area contributed by atoms with Gasteiger partial charge in [0.25, 0.3) is 0 Å². The van der Waals surface area contributed by atoms with Gasteiger partial charge in [0, 0.05) is 49.3 Å². The zero-order valence-electron chi connectivity index (χ0n) is 15.6. The zero-order chi connectivity index (χ0) is 20.9. The molecule has 4 rings (SSSR count). The first-order valence-electron chi connectivity index (χ1n) is 8.81. The van der Waals surface area contributed by atoms with Crippen LogP contribution in [0.3, 0.4) is 0 Å². The van der Waals surface area contributed by atoms with Crippen LogP contribution < -0.4 is 15.4 Å². The summed E-state index contributed by atoms with van der Waals surface area (Å²) in [4.78, 5) is 6.44. The van der Waals surface area contributed by atoms with E-state index < -0.39 is 34.0 Å². The highest BCUT2D eigenvalue weighted by atomic mass is 35.5. The Morgan fingerprint density at radius 1 is 1.17 bits per heavy atom. The number of halogens is 2. The van der Waals surface area contributed by atoms with Gasteiger partial charge in [0.1, 0.15) is 11.6 Å². The molecular formula is C17H20ClFN4O4S3. The van der Waals surface area contributed by atoms with Crippen molar-refractivity contribution < 1.29 is 21.2 Å². The molecule has 1 aromatic heterocycles. The van der Waals surface area contributed by atoms with Gasteiger partial charge in [-0.2, -0.15) is 0 Å². The molecule has 30 heavy (non-hydrogen) atoms. The minimum atomic E-state index is -4.60. The molecule has 0 radical (unpaired) electrons. The van der Waals surface area contributed by atoms with Crippen LogP contribution in [0.4, 0.5) is 10.2 Å². The summed E-state index contributed by atoms with van der Waals surface area (Å²) in [5, 5.41) is 8.70. The summed E-state index contributed by atoms with van der Waals surface area (Å²) in [5.74, 6) is -0.226. The van der Waals surface area contributed by atoms with Crippen LogP contribution in [0, 0.1) is 5.82 Å². The first-order valence-corrected chi connectivity index (χ1v) is 12.7. The lowest BCUT2D eigenvalue weighted by Crippen LogP contribution is -2.47. The second-order valence-corrected chi connectivity index (χ2v) is 12.9. The third-order valence-electron chi connectivity index (χ3n) is 5.01. The molecule has 1 fully saturated rings. The molecule has 0 aliphatic carbocycles. The van der Waals surface area contributed by atoms with Crippen molar-refractivity contribution in [3.05, 3.63) is 47.9 Å². The molecule has 164 valence electrons. The van der Waals surface area contributed by atoms with Crippen molar-refractivity contribution >= 4 is 49.8 Å². The second kappa shape index (κ2) is 8.24. The van der Waals surface area contributed by atoms with Crippen molar-refractivity contribution in [1.82, 2.24) is 10.3 Å². The number of pyridine rings is 1. The van der Waals surface area contributed by atoms with Crippen molar-refractivity contribution in [2.24, 2.45) is 5.14 Å². The second-order valence-electron chi connectivity index (χ2n) is 6.82. The van der Waals surface area contributed by atoms with Gasteiger partial charge in [-0.25, -0.2) is 31.3 Å². The molecule has 2 aromatic rings. The molecule has 0 spiro atoms. The van der Waals surface area contributed by atoms with E-state index in [9.17, 15) is 21.2 Å². The van der Waals surface area contributed by atoms with E-state index in [4.69, 9.17) is 5.14 Å². The number of primary sulfonamides is 1. The maximum atomic E-state index is 13.7. The minimum Gasteiger partial charge on any atom is -0.354 e. The first-order chi connectivity index (χ1) is 13.7. The van der Waals surface area contributed by atoms with Gasteiger partial charge in [-0.1, -0.05) is 17.8 Å². The molecule has 1 saturated heterocycles. The lowest BCUT2D eigenvalue weighted by atomic mass is 10.2. The smallest absolute Gasteiger partial charge is 0.244 e. The standard InChI is InChI=1S/C17H19FN4O4S3.ClH/c18-12-2-1-3-13(10-12)28(23,24)17(29(19,25)26)11-14-15(27-17)4-5-21-16(14)22-8-6-20-7-9-22;/h1-5,10,20H,6-9,11H2,(H2,19,25,26);1H. The zero-order valence-corrected chi connectivity index (χ0v) is 18.9. The number of rotatable bonds is 4. The number of anilines is 1. The Bertz CT molecular complexity index is 1170. The van der Waals surface area contributed by atoms with Crippen LogP contribution in [-0.2, 0) is 26.3 Å². The van der Waals surface area contributed by atoms with Crippen molar-refractivity contribution in [2.75, 3.05) is 31.1 Å². The van der Waals surface area contributed by atoms with Crippen molar-refractivity contribution in [3.63, 3.8) is 0 Å². The number of nitrogens with two attached hydrogens (primary N) is 1. The molecule has 0 bridgehead atoms. The van der Waals surface area contributed by atoms with E-state index in [-0.39, 0.29) is 18.8 Å². The van der Waals surface area contributed by atoms with E-state index in [0.29, 0.717) is 41.1 Å². The Balaban J connectivity index is 0.00000256. The number of nitrogens with one attached hydrogen (secondary N) is 1. The fourth-order valence-electron chi connectivity index (χ4n) is 3.57. The van der Waals surface area contributed by atoms with E-state index in [1.807, 2.05) is 4.90 Å². The Morgan fingerprint density at radius 3 is 2.50 bits per heavy atom. The van der Waals surface area contributed by atoms with E-state index in [2.05, 4.69) is 10.3 Å². The van der Waals surface area contributed by atoms with Crippen LogP contribution >= 0.6 is 24.2 Å². The first kappa shape index (κ1) is 23.2. The highest BCUT2D eigenvalue weighted by Crippen LogP contribution is 2.54. The Labute approximate surface area is 184 Å². The molecule has 1 aromatic carbocycles. The number of aromatic nitrogens is 1. The molecule has 2 aliphatic rings. The van der Waals surface area contributed by atoms with Crippen LogP contribution in [-0.4, -0.2) is 51.4 Å². The van der Waals surface area contributed by atoms with E-state index >= 15 is 0 Å². The van der Waals surface area contributed by atoms with Crippen LogP contribution in [0.15, 0.2) is 46.3 Å². The van der Waals surface area contributed by atoms with Crippen LogP contribution in [0.2, 0.25) is 0 Å². The van der Waals surface area contributed by atoms with Gasteiger partial charge < -0.3 is 10.2 Å². The number of hydrogen-bond acceptors (Lipinski definition) is 8. The van der Waals surface area contributed by atoms with Gasteiger partial charge in [0.05, 0.1) is 4.90 Å². The van der Waals surface area contributed by atoms with Gasteiger partial charge in [-0.15, -0.1) is 12.4 Å². The van der Waals surface area contributed by atoms with Gasteiger partial charge in [0.15, 0.2) is 0 Å². The molecule has 2 aliphatic heterocycles. The lowest BCUT2D eigenvalue weighted by molar-refractivity contribution is 0.565. The SMILES string of the molecule is Cl.NS(=O)(=O)C1(S(=O)(=O)c2cccc(F)c2)Cc2c(ccnc2N2CCNCC2)S1. The summed E-state index contributed by atoms with van der Waals surface area (Å²) in [6.45, 7) is 2.79. The third-order valence-corrected chi connectivity index (χ3v) is 12.1. The number of piperazine rings is 1. The average molecular weight is 495 g/mol. The Morgan fingerprint density at radius 2 is 1.87 bits per heavy atom. The molecule has 0 amide bonds. The fourth-order valence-corrected chi connectivity index (χ4v) is 9.34. The summed E-state index contributed by atoms with van der Waals surface area (Å²) < 4.78 is 63.5. The van der Waals surface area contributed by atoms with E-state index in [0.717, 1.165) is 25.2 Å². The normalized spacial score (nSPS) is 21.7. The monoisotopic (exact) mass is 494 g/mol. The van der Waals surface area contributed by atoms with Crippen molar-refractivity contribution in [1.29, 1.82) is 0 Å². The maximum absolute atomic E-state index is 13.7. The minimum absolute atomic E-state index is 0. The number of nitrogens with zero attached hydrogens (tertiary/aromatic N) is 2. The van der Waals surface area contributed by atoms with Crippen LogP contribution in [0.1, 0.15) is 5.56 Å². The summed E-state index contributed by atoms with van der Waals surface area (Å²) >= 11 is 0.671. The van der Waals surface area contributed by atoms with Crippen LogP contribution in [0.5, 0.6) is 0 Å². The Kier molecular flexibility index (Phi) is 6.38. The largest absolute Gasteiger partial charge is 0.354 e. The molecule has 13 heteroatoms. The molecule has 8 nitrogen and oxygen atoms in total. The number of sulfonamides is 1. The molecule has 1 unspecified atom stereocenters. The summed E-state index contributed by atoms with van der Waals surface area (Å²) in [7, 11) is -9.15.